The molecule has 0 radical (unpaired) electrons. The summed E-state index contributed by atoms with van der Waals surface area (Å²) in [6.07, 6.45) is 1.44. The monoisotopic (exact) mass is 239 g/mol. The molecule has 0 spiro atoms. The van der Waals surface area contributed by atoms with Crippen LogP contribution in [0.5, 0.6) is 0 Å². The molecule has 5 nitrogen and oxygen atoms in total. The van der Waals surface area contributed by atoms with Gasteiger partial charge in [-0.05, 0) is 12.1 Å². The minimum atomic E-state index is -0.967. The Morgan fingerprint density at radius 1 is 1.41 bits per heavy atom. The Bertz CT molecular complexity index is 381. The molecule has 0 aliphatic carbocycles. The summed E-state index contributed by atoms with van der Waals surface area (Å²) in [5.74, 6) is -0.437. The largest absolute Gasteiger partial charge is 0.481 e. The maximum Gasteiger partial charge on any atom is 0.303 e. The lowest BCUT2D eigenvalue weighted by Gasteiger charge is -2.22. The van der Waals surface area contributed by atoms with Gasteiger partial charge in [-0.15, -0.1) is 0 Å². The number of carbonyl (C=O) groups is 2. The van der Waals surface area contributed by atoms with Crippen LogP contribution in [0.3, 0.4) is 0 Å². The van der Waals surface area contributed by atoms with E-state index < -0.39 is 5.97 Å². The highest BCUT2D eigenvalue weighted by Gasteiger charge is 2.24. The van der Waals surface area contributed by atoms with E-state index in [-0.39, 0.29) is 24.2 Å². The molecule has 0 aliphatic heterocycles. The van der Waals surface area contributed by atoms with Crippen molar-refractivity contribution in [1.82, 2.24) is 5.32 Å². The van der Waals surface area contributed by atoms with Crippen LogP contribution < -0.4 is 5.32 Å². The van der Waals surface area contributed by atoms with E-state index in [0.29, 0.717) is 6.54 Å². The topological polar surface area (TPSA) is 79.5 Å². The summed E-state index contributed by atoms with van der Waals surface area (Å²) in [6.45, 7) is 4.31. The number of hydrogen-bond donors (Lipinski definition) is 2. The molecule has 0 aliphatic rings. The molecule has 1 amide bonds. The van der Waals surface area contributed by atoms with Crippen molar-refractivity contribution in [2.45, 2.75) is 32.1 Å². The van der Waals surface area contributed by atoms with Crippen LogP contribution in [0, 0.1) is 0 Å². The highest BCUT2D eigenvalue weighted by Crippen LogP contribution is 2.22. The third-order valence-electron chi connectivity index (χ3n) is 2.48. The van der Waals surface area contributed by atoms with Gasteiger partial charge in [0.05, 0.1) is 12.7 Å². The van der Waals surface area contributed by atoms with E-state index in [1.807, 2.05) is 19.9 Å². The zero-order chi connectivity index (χ0) is 12.9. The number of amides is 1. The van der Waals surface area contributed by atoms with Crippen molar-refractivity contribution in [2.75, 3.05) is 6.54 Å². The Labute approximate surface area is 99.8 Å². The smallest absolute Gasteiger partial charge is 0.303 e. The molecule has 2 N–H and O–H groups in total. The second kappa shape index (κ2) is 5.52. The molecule has 1 aromatic rings. The summed E-state index contributed by atoms with van der Waals surface area (Å²) in [5, 5.41) is 11.1. The predicted molar refractivity (Wildman–Crippen MR) is 61.6 cm³/mol. The Morgan fingerprint density at radius 2 is 2.12 bits per heavy atom. The first kappa shape index (κ1) is 13.3. The molecule has 0 unspecified atom stereocenters. The predicted octanol–water partition coefficient (Wildman–Crippen LogP) is 1.54. The van der Waals surface area contributed by atoms with Gasteiger partial charge in [-0.25, -0.2) is 0 Å². The average molecular weight is 239 g/mol. The molecule has 17 heavy (non-hydrogen) atoms. The molecule has 1 rings (SSSR count). The van der Waals surface area contributed by atoms with Gasteiger partial charge in [0.1, 0.15) is 5.76 Å². The van der Waals surface area contributed by atoms with Gasteiger partial charge in [0, 0.05) is 18.4 Å². The molecular formula is C12H17NO4. The lowest BCUT2D eigenvalue weighted by Crippen LogP contribution is -2.36. The van der Waals surface area contributed by atoms with Crippen LogP contribution in [0.15, 0.2) is 22.8 Å². The molecule has 0 fully saturated rings. The first-order valence-electron chi connectivity index (χ1n) is 5.44. The fourth-order valence-electron chi connectivity index (χ4n) is 1.38. The molecule has 0 saturated carbocycles. The van der Waals surface area contributed by atoms with Gasteiger partial charge in [-0.2, -0.15) is 0 Å². The molecule has 5 heteroatoms. The third-order valence-corrected chi connectivity index (χ3v) is 2.48. The van der Waals surface area contributed by atoms with Crippen LogP contribution >= 0.6 is 0 Å². The van der Waals surface area contributed by atoms with Gasteiger partial charge in [0.25, 0.3) is 0 Å². The van der Waals surface area contributed by atoms with Gasteiger partial charge in [-0.1, -0.05) is 13.8 Å². The highest BCUT2D eigenvalue weighted by atomic mass is 16.4. The minimum Gasteiger partial charge on any atom is -0.481 e. The van der Waals surface area contributed by atoms with Crippen molar-refractivity contribution in [3.8, 4) is 0 Å². The molecule has 94 valence electrons. The first-order valence-corrected chi connectivity index (χ1v) is 5.44. The molecule has 1 aromatic heterocycles. The number of nitrogens with one attached hydrogen (secondary N) is 1. The summed E-state index contributed by atoms with van der Waals surface area (Å²) in [5.41, 5.74) is -0.303. The number of carbonyl (C=O) groups excluding carboxylic acids is 1. The number of aliphatic carboxylic acids is 1. The van der Waals surface area contributed by atoms with E-state index in [1.165, 1.54) is 0 Å². The third kappa shape index (κ3) is 4.30. The van der Waals surface area contributed by atoms with Crippen LogP contribution in [0.1, 0.15) is 32.4 Å². The Balaban J connectivity index is 2.40. The zero-order valence-corrected chi connectivity index (χ0v) is 10.0. The average Bonchev–Trinajstić information content (AvgIpc) is 2.77. The summed E-state index contributed by atoms with van der Waals surface area (Å²) in [7, 11) is 0. The van der Waals surface area contributed by atoms with Crippen molar-refractivity contribution >= 4 is 11.9 Å². The van der Waals surface area contributed by atoms with E-state index >= 15 is 0 Å². The minimum absolute atomic E-state index is 0.00354. The van der Waals surface area contributed by atoms with Gasteiger partial charge in [-0.3, -0.25) is 9.59 Å². The van der Waals surface area contributed by atoms with E-state index in [1.54, 1.807) is 12.3 Å². The van der Waals surface area contributed by atoms with Crippen LogP contribution in [0.2, 0.25) is 0 Å². The number of furan rings is 1. The van der Waals surface area contributed by atoms with Crippen LogP contribution in [-0.4, -0.2) is 23.5 Å². The fourth-order valence-corrected chi connectivity index (χ4v) is 1.38. The standard InChI is InChI=1S/C12H17NO4/c1-12(2,9-4-3-7-17-9)8-13-10(14)5-6-11(15)16/h3-4,7H,5-6,8H2,1-2H3,(H,13,14)(H,15,16). The van der Waals surface area contributed by atoms with Crippen LogP contribution in [0.25, 0.3) is 0 Å². The number of carboxylic acids is 1. The molecule has 0 bridgehead atoms. The van der Waals surface area contributed by atoms with Crippen molar-refractivity contribution in [1.29, 1.82) is 0 Å². The molecule has 0 saturated heterocycles. The summed E-state index contributed by atoms with van der Waals surface area (Å²) >= 11 is 0. The molecule has 0 atom stereocenters. The summed E-state index contributed by atoms with van der Waals surface area (Å²) < 4.78 is 5.28. The highest BCUT2D eigenvalue weighted by molar-refractivity contribution is 5.80. The summed E-state index contributed by atoms with van der Waals surface area (Å²) in [4.78, 5) is 21.7. The number of carboxylic acid groups (broad SMARTS) is 1. The quantitative estimate of drug-likeness (QED) is 0.789. The molecule has 1 heterocycles. The number of hydrogen-bond acceptors (Lipinski definition) is 3. The van der Waals surface area contributed by atoms with E-state index in [4.69, 9.17) is 9.52 Å². The molecular weight excluding hydrogens is 222 g/mol. The fraction of sp³-hybridized carbons (Fsp3) is 0.500. The SMILES string of the molecule is CC(C)(CNC(=O)CCC(=O)O)c1ccco1. The maximum atomic E-state index is 11.4. The van der Waals surface area contributed by atoms with Crippen molar-refractivity contribution in [3.63, 3.8) is 0 Å². The first-order chi connectivity index (χ1) is 7.92. The van der Waals surface area contributed by atoms with E-state index in [9.17, 15) is 9.59 Å². The number of rotatable bonds is 6. The van der Waals surface area contributed by atoms with Gasteiger partial charge in [0.15, 0.2) is 0 Å². The molecule has 0 aromatic carbocycles. The summed E-state index contributed by atoms with van der Waals surface area (Å²) in [6, 6.07) is 3.65. The second-order valence-corrected chi connectivity index (χ2v) is 4.53. The van der Waals surface area contributed by atoms with Gasteiger partial charge in [0.2, 0.25) is 5.91 Å². The van der Waals surface area contributed by atoms with E-state index in [0.717, 1.165) is 5.76 Å². The van der Waals surface area contributed by atoms with Crippen molar-refractivity contribution in [3.05, 3.63) is 24.2 Å². The maximum absolute atomic E-state index is 11.4. The lowest BCUT2D eigenvalue weighted by atomic mass is 9.90. The van der Waals surface area contributed by atoms with Crippen molar-refractivity contribution < 1.29 is 19.1 Å². The Hall–Kier alpha value is -1.78. The second-order valence-electron chi connectivity index (χ2n) is 4.53. The van der Waals surface area contributed by atoms with Gasteiger partial charge >= 0.3 is 5.97 Å². The van der Waals surface area contributed by atoms with Gasteiger partial charge < -0.3 is 14.8 Å². The van der Waals surface area contributed by atoms with Crippen LogP contribution in [0.4, 0.5) is 0 Å². The Morgan fingerprint density at radius 3 is 2.65 bits per heavy atom. The lowest BCUT2D eigenvalue weighted by molar-refractivity contribution is -0.138. The Kier molecular flexibility index (Phi) is 4.31. The van der Waals surface area contributed by atoms with E-state index in [2.05, 4.69) is 5.32 Å². The normalized spacial score (nSPS) is 11.2. The van der Waals surface area contributed by atoms with Crippen molar-refractivity contribution in [2.24, 2.45) is 0 Å². The van der Waals surface area contributed by atoms with Crippen LogP contribution in [-0.2, 0) is 15.0 Å². The zero-order valence-electron chi connectivity index (χ0n) is 10.0.